The summed E-state index contributed by atoms with van der Waals surface area (Å²) in [6, 6.07) is 3.22. The molecule has 1 rings (SSSR count). The molecule has 0 unspecified atom stereocenters. The molecule has 0 saturated carbocycles. The lowest BCUT2D eigenvalue weighted by Crippen LogP contribution is -2.10. The third-order valence-electron chi connectivity index (χ3n) is 1.96. The zero-order chi connectivity index (χ0) is 11.4. The van der Waals surface area contributed by atoms with Gasteiger partial charge in [0.1, 0.15) is 0 Å². The Hall–Kier alpha value is -1.42. The molecule has 0 radical (unpaired) electrons. The van der Waals surface area contributed by atoms with Gasteiger partial charge in [-0.15, -0.1) is 0 Å². The van der Waals surface area contributed by atoms with Crippen LogP contribution < -0.4 is 11.5 Å². The SMILES string of the molecule is CCOC(=O)Cc1c(Cl)ccc(N)c1N. The molecule has 0 bridgehead atoms. The van der Waals surface area contributed by atoms with Gasteiger partial charge in [-0.3, -0.25) is 4.79 Å². The Balaban J connectivity index is 2.93. The van der Waals surface area contributed by atoms with Crippen LogP contribution in [0.3, 0.4) is 0 Å². The zero-order valence-corrected chi connectivity index (χ0v) is 9.17. The van der Waals surface area contributed by atoms with Crippen LogP contribution >= 0.6 is 11.6 Å². The Kier molecular flexibility index (Phi) is 3.80. The molecule has 0 heterocycles. The molecule has 15 heavy (non-hydrogen) atoms. The molecule has 4 N–H and O–H groups in total. The van der Waals surface area contributed by atoms with Crippen molar-refractivity contribution in [3.05, 3.63) is 22.7 Å². The van der Waals surface area contributed by atoms with Crippen LogP contribution in [-0.4, -0.2) is 12.6 Å². The van der Waals surface area contributed by atoms with Crippen molar-refractivity contribution in [3.63, 3.8) is 0 Å². The molecule has 1 aromatic carbocycles. The molecule has 0 aliphatic heterocycles. The molecular weight excluding hydrogens is 216 g/mol. The van der Waals surface area contributed by atoms with Gasteiger partial charge in [0.15, 0.2) is 0 Å². The van der Waals surface area contributed by atoms with Crippen molar-refractivity contribution in [2.24, 2.45) is 0 Å². The summed E-state index contributed by atoms with van der Waals surface area (Å²) in [5.74, 6) is -0.364. The minimum atomic E-state index is -0.364. The fraction of sp³-hybridized carbons (Fsp3) is 0.300. The first-order valence-corrected chi connectivity index (χ1v) is 4.92. The smallest absolute Gasteiger partial charge is 0.310 e. The number of anilines is 2. The molecule has 0 amide bonds. The highest BCUT2D eigenvalue weighted by molar-refractivity contribution is 6.32. The van der Waals surface area contributed by atoms with Crippen molar-refractivity contribution in [2.75, 3.05) is 18.1 Å². The highest BCUT2D eigenvalue weighted by Crippen LogP contribution is 2.28. The molecule has 4 nitrogen and oxygen atoms in total. The highest BCUT2D eigenvalue weighted by Gasteiger charge is 2.12. The molecule has 1 aromatic rings. The van der Waals surface area contributed by atoms with E-state index in [1.165, 1.54) is 0 Å². The van der Waals surface area contributed by atoms with Gasteiger partial charge in [-0.05, 0) is 19.1 Å². The van der Waals surface area contributed by atoms with Crippen LogP contribution in [0.15, 0.2) is 12.1 Å². The monoisotopic (exact) mass is 228 g/mol. The van der Waals surface area contributed by atoms with Crippen LogP contribution in [0.4, 0.5) is 11.4 Å². The largest absolute Gasteiger partial charge is 0.466 e. The fourth-order valence-corrected chi connectivity index (χ4v) is 1.42. The van der Waals surface area contributed by atoms with E-state index in [1.54, 1.807) is 19.1 Å². The van der Waals surface area contributed by atoms with Gasteiger partial charge in [0.05, 0.1) is 24.4 Å². The second-order valence-electron chi connectivity index (χ2n) is 3.01. The predicted molar refractivity (Wildman–Crippen MR) is 60.6 cm³/mol. The van der Waals surface area contributed by atoms with Crippen LogP contribution in [0.1, 0.15) is 12.5 Å². The molecule has 0 spiro atoms. The minimum absolute atomic E-state index is 0.0452. The maximum Gasteiger partial charge on any atom is 0.310 e. The number of carbonyl (C=O) groups is 1. The average molecular weight is 229 g/mol. The first kappa shape index (κ1) is 11.7. The van der Waals surface area contributed by atoms with Gasteiger partial charge in [0, 0.05) is 10.6 Å². The zero-order valence-electron chi connectivity index (χ0n) is 8.42. The molecular formula is C10H13ClN2O2. The number of rotatable bonds is 3. The normalized spacial score (nSPS) is 10.0. The first-order chi connectivity index (χ1) is 7.06. The summed E-state index contributed by atoms with van der Waals surface area (Å²) in [6.45, 7) is 2.07. The van der Waals surface area contributed by atoms with Crippen molar-refractivity contribution >= 4 is 28.9 Å². The lowest BCUT2D eigenvalue weighted by atomic mass is 10.1. The number of esters is 1. The van der Waals surface area contributed by atoms with Gasteiger partial charge in [0.2, 0.25) is 0 Å². The maximum atomic E-state index is 11.3. The average Bonchev–Trinajstić information content (AvgIpc) is 2.19. The number of hydrogen-bond donors (Lipinski definition) is 2. The summed E-state index contributed by atoms with van der Waals surface area (Å²) in [6.07, 6.45) is 0.0452. The van der Waals surface area contributed by atoms with Crippen molar-refractivity contribution in [3.8, 4) is 0 Å². The Morgan fingerprint density at radius 2 is 2.13 bits per heavy atom. The van der Waals surface area contributed by atoms with Crippen LogP contribution in [0.5, 0.6) is 0 Å². The van der Waals surface area contributed by atoms with E-state index >= 15 is 0 Å². The summed E-state index contributed by atoms with van der Waals surface area (Å²) in [5.41, 5.74) is 12.6. The number of carbonyl (C=O) groups excluding carboxylic acids is 1. The van der Waals surface area contributed by atoms with Gasteiger partial charge in [0.25, 0.3) is 0 Å². The van der Waals surface area contributed by atoms with Gasteiger partial charge >= 0.3 is 5.97 Å². The lowest BCUT2D eigenvalue weighted by Gasteiger charge is -2.09. The Morgan fingerprint density at radius 3 is 2.73 bits per heavy atom. The number of nitrogens with two attached hydrogens (primary N) is 2. The van der Waals surface area contributed by atoms with Crippen LogP contribution in [0.25, 0.3) is 0 Å². The van der Waals surface area contributed by atoms with E-state index in [0.29, 0.717) is 28.6 Å². The van der Waals surface area contributed by atoms with E-state index in [0.717, 1.165) is 0 Å². The number of benzene rings is 1. The van der Waals surface area contributed by atoms with E-state index in [4.69, 9.17) is 27.8 Å². The van der Waals surface area contributed by atoms with Gasteiger partial charge in [-0.25, -0.2) is 0 Å². The maximum absolute atomic E-state index is 11.3. The molecule has 5 heteroatoms. The quantitative estimate of drug-likeness (QED) is 0.609. The summed E-state index contributed by atoms with van der Waals surface area (Å²) in [5, 5.41) is 0.426. The third kappa shape index (κ3) is 2.76. The van der Waals surface area contributed by atoms with Crippen LogP contribution in [0, 0.1) is 0 Å². The van der Waals surface area contributed by atoms with Crippen molar-refractivity contribution in [1.82, 2.24) is 0 Å². The van der Waals surface area contributed by atoms with Gasteiger partial charge in [-0.2, -0.15) is 0 Å². The molecule has 0 saturated heterocycles. The summed E-state index contributed by atoms with van der Waals surface area (Å²) >= 11 is 5.90. The number of nitrogen functional groups attached to an aromatic ring is 2. The summed E-state index contributed by atoms with van der Waals surface area (Å²) < 4.78 is 4.80. The van der Waals surface area contributed by atoms with E-state index in [-0.39, 0.29) is 12.4 Å². The molecule has 0 fully saturated rings. The Labute approximate surface area is 93.1 Å². The van der Waals surface area contributed by atoms with Crippen molar-refractivity contribution < 1.29 is 9.53 Å². The molecule has 0 aliphatic rings. The highest BCUT2D eigenvalue weighted by atomic mass is 35.5. The van der Waals surface area contributed by atoms with Gasteiger partial charge in [-0.1, -0.05) is 11.6 Å². The lowest BCUT2D eigenvalue weighted by molar-refractivity contribution is -0.142. The molecule has 0 atom stereocenters. The number of hydrogen-bond acceptors (Lipinski definition) is 4. The summed E-state index contributed by atoms with van der Waals surface area (Å²) in [4.78, 5) is 11.3. The van der Waals surface area contributed by atoms with E-state index < -0.39 is 0 Å². The van der Waals surface area contributed by atoms with Gasteiger partial charge < -0.3 is 16.2 Å². The number of halogens is 1. The van der Waals surface area contributed by atoms with E-state index in [1.807, 2.05) is 0 Å². The molecule has 0 aromatic heterocycles. The minimum Gasteiger partial charge on any atom is -0.466 e. The van der Waals surface area contributed by atoms with Crippen molar-refractivity contribution in [1.29, 1.82) is 0 Å². The van der Waals surface area contributed by atoms with Crippen LogP contribution in [0.2, 0.25) is 5.02 Å². The molecule has 82 valence electrons. The predicted octanol–water partition coefficient (Wildman–Crippen LogP) is 1.61. The van der Waals surface area contributed by atoms with E-state index in [2.05, 4.69) is 0 Å². The standard InChI is InChI=1S/C10H13ClN2O2/c1-2-15-9(14)5-6-7(11)3-4-8(12)10(6)13/h3-4H,2,5,12-13H2,1H3. The summed E-state index contributed by atoms with van der Waals surface area (Å²) in [7, 11) is 0. The fourth-order valence-electron chi connectivity index (χ4n) is 1.19. The Bertz CT molecular complexity index is 380. The van der Waals surface area contributed by atoms with Crippen LogP contribution in [-0.2, 0) is 16.0 Å². The molecule has 0 aliphatic carbocycles. The third-order valence-corrected chi connectivity index (χ3v) is 2.31. The van der Waals surface area contributed by atoms with E-state index in [9.17, 15) is 4.79 Å². The van der Waals surface area contributed by atoms with Crippen molar-refractivity contribution in [2.45, 2.75) is 13.3 Å². The number of ether oxygens (including phenoxy) is 1. The Morgan fingerprint density at radius 1 is 1.47 bits per heavy atom. The second-order valence-corrected chi connectivity index (χ2v) is 3.42. The first-order valence-electron chi connectivity index (χ1n) is 4.54. The topological polar surface area (TPSA) is 78.3 Å². The second kappa shape index (κ2) is 4.89.